The van der Waals surface area contributed by atoms with Crippen molar-refractivity contribution in [3.05, 3.63) is 65.0 Å². The van der Waals surface area contributed by atoms with E-state index in [4.69, 9.17) is 10.5 Å². The maximum atomic E-state index is 8.81. The zero-order chi connectivity index (χ0) is 15.4. The summed E-state index contributed by atoms with van der Waals surface area (Å²) in [5.74, 6) is 0. The van der Waals surface area contributed by atoms with E-state index < -0.39 is 0 Å². The lowest BCUT2D eigenvalue weighted by atomic mass is 10.2. The minimum absolute atomic E-state index is 0.129. The molecular weight excluding hydrogens is 308 g/mol. The fourth-order valence-electron chi connectivity index (χ4n) is 2.02. The Bertz CT molecular complexity index is 886. The number of allylic oxidation sites excluding steroid dienone is 1. The maximum absolute atomic E-state index is 8.81. The molecule has 0 spiro atoms. The van der Waals surface area contributed by atoms with Crippen LogP contribution < -0.4 is 0 Å². The third-order valence-corrected chi connectivity index (χ3v) is 5.42. The molecule has 0 saturated heterocycles. The fraction of sp³-hybridized carbons (Fsp3) is 0. The Morgan fingerprint density at radius 2 is 1.41 bits per heavy atom. The summed E-state index contributed by atoms with van der Waals surface area (Å²) in [6.45, 7) is 0. The minimum atomic E-state index is 0.129. The molecule has 0 radical (unpaired) electrons. The van der Waals surface area contributed by atoms with Gasteiger partial charge in [0.25, 0.3) is 0 Å². The number of hydrogen-bond acceptors (Lipinski definition) is 4. The second-order valence-corrected chi connectivity index (χ2v) is 6.71. The molecule has 2 aromatic heterocycles. The highest BCUT2D eigenvalue weighted by molar-refractivity contribution is 7.24. The molecule has 0 aliphatic heterocycles. The summed E-state index contributed by atoms with van der Waals surface area (Å²) in [4.78, 5) is 4.49. The summed E-state index contributed by atoms with van der Waals surface area (Å²) in [6, 6.07) is 22.3. The van der Waals surface area contributed by atoms with Crippen LogP contribution in [0.3, 0.4) is 0 Å². The molecule has 4 heteroatoms. The first kappa shape index (κ1) is 14.3. The molecule has 0 atom stereocenters. The van der Waals surface area contributed by atoms with Crippen molar-refractivity contribution in [2.45, 2.75) is 0 Å². The standard InChI is InChI=1S/C18H10N2S2/c19-11-13(12-20)10-15-6-7-17(21-15)18-9-8-16(22-18)14-4-2-1-3-5-14/h1-10H. The smallest absolute Gasteiger partial charge is 0.131 e. The van der Waals surface area contributed by atoms with E-state index >= 15 is 0 Å². The van der Waals surface area contributed by atoms with Crippen LogP contribution >= 0.6 is 22.7 Å². The van der Waals surface area contributed by atoms with E-state index in [0.717, 1.165) is 9.75 Å². The van der Waals surface area contributed by atoms with Crippen molar-refractivity contribution in [1.29, 1.82) is 10.5 Å². The molecule has 0 saturated carbocycles. The van der Waals surface area contributed by atoms with Gasteiger partial charge < -0.3 is 0 Å². The average molecular weight is 318 g/mol. The summed E-state index contributed by atoms with van der Waals surface area (Å²) >= 11 is 3.33. The Kier molecular flexibility index (Phi) is 4.16. The van der Waals surface area contributed by atoms with Gasteiger partial charge in [0, 0.05) is 19.5 Å². The van der Waals surface area contributed by atoms with E-state index in [0.29, 0.717) is 0 Å². The zero-order valence-electron chi connectivity index (χ0n) is 11.5. The van der Waals surface area contributed by atoms with Gasteiger partial charge in [0.2, 0.25) is 0 Å². The van der Waals surface area contributed by atoms with Gasteiger partial charge in [0.15, 0.2) is 0 Å². The van der Waals surface area contributed by atoms with E-state index in [1.807, 2.05) is 42.5 Å². The van der Waals surface area contributed by atoms with E-state index in [1.54, 1.807) is 28.7 Å². The molecule has 22 heavy (non-hydrogen) atoms. The Hall–Kier alpha value is -2.66. The number of thiophene rings is 2. The van der Waals surface area contributed by atoms with Crippen LogP contribution in [-0.2, 0) is 0 Å². The number of hydrogen-bond donors (Lipinski definition) is 0. The van der Waals surface area contributed by atoms with Crippen molar-refractivity contribution in [1.82, 2.24) is 0 Å². The van der Waals surface area contributed by atoms with Crippen LogP contribution in [0.2, 0.25) is 0 Å². The van der Waals surface area contributed by atoms with Gasteiger partial charge in [-0.2, -0.15) is 10.5 Å². The third kappa shape index (κ3) is 2.99. The Morgan fingerprint density at radius 3 is 2.14 bits per heavy atom. The topological polar surface area (TPSA) is 47.6 Å². The molecular formula is C18H10N2S2. The number of benzene rings is 1. The average Bonchev–Trinajstić information content (AvgIpc) is 3.22. The molecule has 2 heterocycles. The Labute approximate surface area is 136 Å². The fourth-order valence-corrected chi connectivity index (χ4v) is 4.08. The first-order valence-corrected chi connectivity index (χ1v) is 8.21. The molecule has 3 aromatic rings. The lowest BCUT2D eigenvalue weighted by Crippen LogP contribution is -1.68. The maximum Gasteiger partial charge on any atom is 0.131 e. The monoisotopic (exact) mass is 318 g/mol. The van der Waals surface area contributed by atoms with Crippen LogP contribution in [0.4, 0.5) is 0 Å². The molecule has 0 fully saturated rings. The van der Waals surface area contributed by atoms with Crippen molar-refractivity contribution in [3.63, 3.8) is 0 Å². The number of rotatable bonds is 3. The first-order chi connectivity index (χ1) is 10.8. The number of nitrogens with zero attached hydrogens (tertiary/aromatic N) is 2. The van der Waals surface area contributed by atoms with Gasteiger partial charge in [0.05, 0.1) is 0 Å². The van der Waals surface area contributed by atoms with Crippen LogP contribution in [0, 0.1) is 22.7 Å². The molecule has 0 aliphatic carbocycles. The molecule has 0 unspecified atom stereocenters. The molecule has 0 N–H and O–H groups in total. The highest BCUT2D eigenvalue weighted by Crippen LogP contribution is 2.37. The molecule has 3 rings (SSSR count). The van der Waals surface area contributed by atoms with Crippen molar-refractivity contribution < 1.29 is 0 Å². The summed E-state index contributed by atoms with van der Waals surface area (Å²) in [5.41, 5.74) is 1.34. The summed E-state index contributed by atoms with van der Waals surface area (Å²) < 4.78 is 0. The largest absolute Gasteiger partial charge is 0.192 e. The molecule has 0 amide bonds. The lowest BCUT2D eigenvalue weighted by molar-refractivity contribution is 1.47. The van der Waals surface area contributed by atoms with Crippen LogP contribution in [0.25, 0.3) is 26.3 Å². The third-order valence-electron chi connectivity index (χ3n) is 3.06. The van der Waals surface area contributed by atoms with Gasteiger partial charge in [-0.25, -0.2) is 0 Å². The zero-order valence-corrected chi connectivity index (χ0v) is 13.1. The highest BCUT2D eigenvalue weighted by Gasteiger charge is 2.07. The Morgan fingerprint density at radius 1 is 0.773 bits per heavy atom. The predicted molar refractivity (Wildman–Crippen MR) is 92.3 cm³/mol. The number of nitriles is 2. The van der Waals surface area contributed by atoms with Gasteiger partial charge in [-0.1, -0.05) is 30.3 Å². The van der Waals surface area contributed by atoms with Crippen LogP contribution in [0.15, 0.2) is 60.2 Å². The van der Waals surface area contributed by atoms with E-state index in [9.17, 15) is 0 Å². The summed E-state index contributed by atoms with van der Waals surface area (Å²) in [6.07, 6.45) is 1.62. The predicted octanol–water partition coefficient (Wildman–Crippen LogP) is 5.57. The van der Waals surface area contributed by atoms with Crippen LogP contribution in [0.1, 0.15) is 4.88 Å². The summed E-state index contributed by atoms with van der Waals surface area (Å²) in [5, 5.41) is 17.6. The highest BCUT2D eigenvalue weighted by atomic mass is 32.1. The van der Waals surface area contributed by atoms with Gasteiger partial charge in [-0.15, -0.1) is 22.7 Å². The minimum Gasteiger partial charge on any atom is -0.192 e. The van der Waals surface area contributed by atoms with Crippen molar-refractivity contribution in [2.24, 2.45) is 0 Å². The van der Waals surface area contributed by atoms with Crippen LogP contribution in [-0.4, -0.2) is 0 Å². The second kappa shape index (κ2) is 6.41. The Balaban J connectivity index is 1.90. The first-order valence-electron chi connectivity index (χ1n) is 6.57. The quantitative estimate of drug-likeness (QED) is 0.592. The van der Waals surface area contributed by atoms with E-state index in [2.05, 4.69) is 24.3 Å². The van der Waals surface area contributed by atoms with E-state index in [1.165, 1.54) is 15.3 Å². The van der Waals surface area contributed by atoms with Gasteiger partial charge in [-0.05, 0) is 35.9 Å². The van der Waals surface area contributed by atoms with Gasteiger partial charge >= 0.3 is 0 Å². The summed E-state index contributed by atoms with van der Waals surface area (Å²) in [7, 11) is 0. The van der Waals surface area contributed by atoms with Crippen molar-refractivity contribution in [2.75, 3.05) is 0 Å². The molecule has 0 aliphatic rings. The van der Waals surface area contributed by atoms with Crippen LogP contribution in [0.5, 0.6) is 0 Å². The molecule has 2 nitrogen and oxygen atoms in total. The SMILES string of the molecule is N#CC(C#N)=Cc1ccc(-c2ccc(-c3ccccc3)s2)s1. The molecule has 104 valence electrons. The van der Waals surface area contributed by atoms with Crippen molar-refractivity contribution >= 4 is 28.7 Å². The van der Waals surface area contributed by atoms with Crippen molar-refractivity contribution in [3.8, 4) is 32.3 Å². The molecule has 0 bridgehead atoms. The second-order valence-electron chi connectivity index (χ2n) is 4.51. The van der Waals surface area contributed by atoms with Gasteiger partial charge in [-0.3, -0.25) is 0 Å². The normalized spacial score (nSPS) is 9.73. The molecule has 1 aromatic carbocycles. The lowest BCUT2D eigenvalue weighted by Gasteiger charge is -1.94. The van der Waals surface area contributed by atoms with Gasteiger partial charge in [0.1, 0.15) is 17.7 Å². The van der Waals surface area contributed by atoms with E-state index in [-0.39, 0.29) is 5.57 Å².